The summed E-state index contributed by atoms with van der Waals surface area (Å²) in [5.41, 5.74) is 4.69. The highest BCUT2D eigenvalue weighted by atomic mass is 16.7. The Labute approximate surface area is 134 Å². The van der Waals surface area contributed by atoms with E-state index in [2.05, 4.69) is 37.4 Å². The maximum Gasteiger partial charge on any atom is 0.231 e. The number of Topliss-reactive ketones (excluding diaryl/α,β-unsaturated/α-hetero) is 1. The number of carbonyl (C=O) groups excluding carboxylic acids is 1. The van der Waals surface area contributed by atoms with Crippen molar-refractivity contribution >= 4 is 11.5 Å². The normalized spacial score (nSPS) is 26.3. The molecule has 1 N–H and O–H groups in total. The summed E-state index contributed by atoms with van der Waals surface area (Å²) in [6.07, 6.45) is 0.711. The van der Waals surface area contributed by atoms with E-state index in [9.17, 15) is 4.79 Å². The molecular formula is C19H17NO3. The van der Waals surface area contributed by atoms with Crippen molar-refractivity contribution in [2.24, 2.45) is 0 Å². The molecule has 2 atom stereocenters. The van der Waals surface area contributed by atoms with E-state index < -0.39 is 5.41 Å². The molecule has 0 amide bonds. The number of hydrogen-bond acceptors (Lipinski definition) is 4. The molecule has 3 aliphatic rings. The zero-order valence-corrected chi connectivity index (χ0v) is 13.1. The number of carbonyl (C=O) groups is 1. The molecule has 2 aromatic rings. The lowest BCUT2D eigenvalue weighted by atomic mass is 9.73. The zero-order chi connectivity index (χ0) is 15.8. The lowest BCUT2D eigenvalue weighted by Gasteiger charge is -2.27. The molecule has 0 saturated heterocycles. The molecule has 0 unspecified atom stereocenters. The van der Waals surface area contributed by atoms with Gasteiger partial charge in [-0.1, -0.05) is 17.7 Å². The minimum atomic E-state index is -0.515. The monoisotopic (exact) mass is 307 g/mol. The number of aryl methyl sites for hydroxylation is 1. The van der Waals surface area contributed by atoms with Gasteiger partial charge in [-0.2, -0.15) is 0 Å². The van der Waals surface area contributed by atoms with Gasteiger partial charge in [0.15, 0.2) is 17.3 Å². The van der Waals surface area contributed by atoms with Crippen LogP contribution < -0.4 is 14.8 Å². The Morgan fingerprint density at radius 2 is 1.96 bits per heavy atom. The Morgan fingerprint density at radius 3 is 2.78 bits per heavy atom. The van der Waals surface area contributed by atoms with Crippen LogP contribution in [0.25, 0.3) is 0 Å². The van der Waals surface area contributed by atoms with Crippen molar-refractivity contribution in [2.75, 3.05) is 12.1 Å². The number of benzene rings is 2. The van der Waals surface area contributed by atoms with Gasteiger partial charge < -0.3 is 14.8 Å². The van der Waals surface area contributed by atoms with Gasteiger partial charge in [0.1, 0.15) is 0 Å². The van der Waals surface area contributed by atoms with Crippen molar-refractivity contribution in [3.05, 3.63) is 52.6 Å². The molecular weight excluding hydrogens is 290 g/mol. The number of hydrogen-bond donors (Lipinski definition) is 1. The Morgan fingerprint density at radius 1 is 1.17 bits per heavy atom. The van der Waals surface area contributed by atoms with E-state index >= 15 is 0 Å². The quantitative estimate of drug-likeness (QED) is 0.812. The molecule has 1 aliphatic carbocycles. The fourth-order valence-corrected chi connectivity index (χ4v) is 4.27. The summed E-state index contributed by atoms with van der Waals surface area (Å²) in [6.45, 7) is 4.40. The third-order valence-electron chi connectivity index (χ3n) is 5.48. The van der Waals surface area contributed by atoms with Crippen LogP contribution in [0.4, 0.5) is 5.69 Å². The molecule has 23 heavy (non-hydrogen) atoms. The van der Waals surface area contributed by atoms with Gasteiger partial charge in [0.05, 0.1) is 5.41 Å². The predicted molar refractivity (Wildman–Crippen MR) is 86.5 cm³/mol. The van der Waals surface area contributed by atoms with Crippen LogP contribution in [0.3, 0.4) is 0 Å². The molecule has 0 aromatic heterocycles. The molecule has 0 fully saturated rings. The second-order valence-corrected chi connectivity index (χ2v) is 6.75. The third-order valence-corrected chi connectivity index (χ3v) is 5.48. The van der Waals surface area contributed by atoms with E-state index in [4.69, 9.17) is 9.47 Å². The maximum absolute atomic E-state index is 13.4. The van der Waals surface area contributed by atoms with E-state index in [-0.39, 0.29) is 18.6 Å². The summed E-state index contributed by atoms with van der Waals surface area (Å²) >= 11 is 0. The van der Waals surface area contributed by atoms with Crippen LogP contribution in [-0.2, 0) is 11.8 Å². The van der Waals surface area contributed by atoms with Crippen LogP contribution in [0, 0.1) is 6.92 Å². The van der Waals surface area contributed by atoms with Crippen molar-refractivity contribution in [3.8, 4) is 11.5 Å². The summed E-state index contributed by atoms with van der Waals surface area (Å²) in [6, 6.07) is 10.2. The van der Waals surface area contributed by atoms with Gasteiger partial charge in [-0.05, 0) is 49.6 Å². The van der Waals surface area contributed by atoms with Gasteiger partial charge in [0.2, 0.25) is 6.79 Å². The molecule has 1 spiro atoms. The molecule has 0 radical (unpaired) electrons. The Bertz CT molecular complexity index is 873. The first kappa shape index (κ1) is 13.0. The molecule has 0 bridgehead atoms. The van der Waals surface area contributed by atoms with Gasteiger partial charge in [-0.3, -0.25) is 4.79 Å². The standard InChI is InChI=1S/C19H17NO3/c1-10-3-4-15-14(5-10)19(11(2)20-15)8-12-6-16-17(23-9-22-16)7-13(12)18(19)21/h3-7,11,20H,8-9H2,1-2H3/t11-,19+/m0/s1. The van der Waals surface area contributed by atoms with Crippen molar-refractivity contribution in [1.29, 1.82) is 0 Å². The molecule has 2 aliphatic heterocycles. The highest BCUT2D eigenvalue weighted by molar-refractivity contribution is 6.11. The molecule has 2 heterocycles. The summed E-state index contributed by atoms with van der Waals surface area (Å²) < 4.78 is 10.9. The van der Waals surface area contributed by atoms with Crippen LogP contribution >= 0.6 is 0 Å². The minimum Gasteiger partial charge on any atom is -0.454 e. The van der Waals surface area contributed by atoms with Gasteiger partial charge >= 0.3 is 0 Å². The number of anilines is 1. The zero-order valence-electron chi connectivity index (χ0n) is 13.1. The molecule has 0 saturated carbocycles. The number of nitrogens with one attached hydrogen (secondary N) is 1. The van der Waals surface area contributed by atoms with Crippen molar-refractivity contribution in [2.45, 2.75) is 31.7 Å². The topological polar surface area (TPSA) is 47.6 Å². The van der Waals surface area contributed by atoms with Crippen molar-refractivity contribution in [1.82, 2.24) is 0 Å². The van der Waals surface area contributed by atoms with Crippen molar-refractivity contribution < 1.29 is 14.3 Å². The lowest BCUT2D eigenvalue weighted by Crippen LogP contribution is -2.42. The molecule has 116 valence electrons. The highest BCUT2D eigenvalue weighted by Gasteiger charge is 2.55. The van der Waals surface area contributed by atoms with Gasteiger partial charge in [0.25, 0.3) is 0 Å². The largest absolute Gasteiger partial charge is 0.454 e. The predicted octanol–water partition coefficient (Wildman–Crippen LogP) is 3.21. The second kappa shape index (κ2) is 4.07. The molecule has 4 nitrogen and oxygen atoms in total. The fraction of sp³-hybridized carbons (Fsp3) is 0.316. The van der Waals surface area contributed by atoms with Gasteiger partial charge in [-0.15, -0.1) is 0 Å². The first-order chi connectivity index (χ1) is 11.1. The number of ether oxygens (including phenoxy) is 2. The average molecular weight is 307 g/mol. The van der Waals surface area contributed by atoms with Crippen LogP contribution in [0.15, 0.2) is 30.3 Å². The van der Waals surface area contributed by atoms with Crippen molar-refractivity contribution in [3.63, 3.8) is 0 Å². The van der Waals surface area contributed by atoms with Gasteiger partial charge in [0, 0.05) is 17.3 Å². The SMILES string of the molecule is Cc1ccc2c(c1)[C@@]1(Cc3cc4c(cc3C1=O)OCO4)[C@H](C)N2. The summed E-state index contributed by atoms with van der Waals surface area (Å²) in [5, 5.41) is 3.50. The van der Waals surface area contributed by atoms with E-state index in [0.717, 1.165) is 28.1 Å². The van der Waals surface area contributed by atoms with E-state index in [1.807, 2.05) is 12.1 Å². The number of ketones is 1. The van der Waals surface area contributed by atoms with E-state index in [1.54, 1.807) is 0 Å². The van der Waals surface area contributed by atoms with Gasteiger partial charge in [-0.25, -0.2) is 0 Å². The third kappa shape index (κ3) is 1.48. The second-order valence-electron chi connectivity index (χ2n) is 6.75. The highest BCUT2D eigenvalue weighted by Crippen LogP contribution is 2.52. The first-order valence-electron chi connectivity index (χ1n) is 7.94. The number of fused-ring (bicyclic) bond motifs is 4. The summed E-state index contributed by atoms with van der Waals surface area (Å²) in [5.74, 6) is 1.61. The first-order valence-corrected chi connectivity index (χ1v) is 7.94. The van der Waals surface area contributed by atoms with Crippen LogP contribution in [0.2, 0.25) is 0 Å². The van der Waals surface area contributed by atoms with Crippen LogP contribution in [0.5, 0.6) is 11.5 Å². The lowest BCUT2D eigenvalue weighted by molar-refractivity contribution is 0.0896. The maximum atomic E-state index is 13.4. The summed E-state index contributed by atoms with van der Waals surface area (Å²) in [4.78, 5) is 13.4. The molecule has 2 aromatic carbocycles. The van der Waals surface area contributed by atoms with E-state index in [0.29, 0.717) is 12.2 Å². The fourth-order valence-electron chi connectivity index (χ4n) is 4.27. The molecule has 4 heteroatoms. The average Bonchev–Trinajstić information content (AvgIpc) is 3.17. The Balaban J connectivity index is 1.71. The van der Waals surface area contributed by atoms with E-state index in [1.165, 1.54) is 5.56 Å². The van der Waals surface area contributed by atoms with Crippen LogP contribution in [0.1, 0.15) is 34.0 Å². The summed E-state index contributed by atoms with van der Waals surface area (Å²) in [7, 11) is 0. The Hall–Kier alpha value is -2.49. The smallest absolute Gasteiger partial charge is 0.231 e. The Kier molecular flexibility index (Phi) is 2.30. The minimum absolute atomic E-state index is 0.0656. The molecule has 5 rings (SSSR count). The number of rotatable bonds is 0. The van der Waals surface area contributed by atoms with Crippen LogP contribution in [-0.4, -0.2) is 18.6 Å².